The SMILES string of the molecule is Cc1ccc(C(=O)O)cc1Oc1ncc([N+](=O)[O-])cc1C. The van der Waals surface area contributed by atoms with Gasteiger partial charge in [-0.05, 0) is 31.5 Å². The van der Waals surface area contributed by atoms with Crippen LogP contribution in [0.5, 0.6) is 11.6 Å². The van der Waals surface area contributed by atoms with E-state index in [0.29, 0.717) is 11.3 Å². The van der Waals surface area contributed by atoms with E-state index in [1.54, 1.807) is 19.9 Å². The molecular weight excluding hydrogens is 276 g/mol. The van der Waals surface area contributed by atoms with Crippen molar-refractivity contribution < 1.29 is 19.6 Å². The third-order valence-corrected chi connectivity index (χ3v) is 2.87. The number of aromatic nitrogens is 1. The maximum absolute atomic E-state index is 11.0. The van der Waals surface area contributed by atoms with Gasteiger partial charge >= 0.3 is 5.97 Å². The van der Waals surface area contributed by atoms with Crippen molar-refractivity contribution in [1.82, 2.24) is 4.98 Å². The molecule has 0 radical (unpaired) electrons. The van der Waals surface area contributed by atoms with Gasteiger partial charge in [-0.15, -0.1) is 0 Å². The molecule has 2 aromatic rings. The minimum Gasteiger partial charge on any atom is -0.478 e. The van der Waals surface area contributed by atoms with Gasteiger partial charge in [0.05, 0.1) is 10.5 Å². The fourth-order valence-corrected chi connectivity index (χ4v) is 1.70. The molecule has 0 fully saturated rings. The summed E-state index contributed by atoms with van der Waals surface area (Å²) < 4.78 is 5.57. The summed E-state index contributed by atoms with van der Waals surface area (Å²) >= 11 is 0. The van der Waals surface area contributed by atoms with Crippen LogP contribution in [0.25, 0.3) is 0 Å². The standard InChI is InChI=1S/C14H12N2O5/c1-8-3-4-10(14(17)18)6-12(8)21-13-9(2)5-11(7-15-13)16(19)20/h3-7H,1-2H3,(H,17,18). The molecular formula is C14H12N2O5. The van der Waals surface area contributed by atoms with E-state index >= 15 is 0 Å². The number of nitro groups is 1. The van der Waals surface area contributed by atoms with Crippen molar-refractivity contribution in [2.45, 2.75) is 13.8 Å². The highest BCUT2D eigenvalue weighted by Crippen LogP contribution is 2.28. The minimum atomic E-state index is -1.06. The molecule has 1 heterocycles. The summed E-state index contributed by atoms with van der Waals surface area (Å²) in [6.45, 7) is 3.40. The normalized spacial score (nSPS) is 10.2. The lowest BCUT2D eigenvalue weighted by Gasteiger charge is -2.10. The van der Waals surface area contributed by atoms with Gasteiger partial charge in [-0.2, -0.15) is 0 Å². The highest BCUT2D eigenvalue weighted by Gasteiger charge is 2.13. The highest BCUT2D eigenvalue weighted by atomic mass is 16.6. The Bertz CT molecular complexity index is 727. The monoisotopic (exact) mass is 288 g/mol. The molecule has 0 saturated carbocycles. The lowest BCUT2D eigenvalue weighted by Crippen LogP contribution is -1.99. The predicted molar refractivity (Wildman–Crippen MR) is 73.8 cm³/mol. The largest absolute Gasteiger partial charge is 0.478 e. The van der Waals surface area contributed by atoms with E-state index in [1.807, 2.05) is 0 Å². The van der Waals surface area contributed by atoms with Gasteiger partial charge in [0.25, 0.3) is 5.69 Å². The number of carboxylic acid groups (broad SMARTS) is 1. The first-order valence-electron chi connectivity index (χ1n) is 6.01. The predicted octanol–water partition coefficient (Wildman–Crippen LogP) is 3.10. The first-order valence-corrected chi connectivity index (χ1v) is 6.01. The quantitative estimate of drug-likeness (QED) is 0.685. The maximum atomic E-state index is 11.0. The topological polar surface area (TPSA) is 103 Å². The number of ether oxygens (including phenoxy) is 1. The number of benzene rings is 1. The molecule has 1 N–H and O–H groups in total. The number of carboxylic acids is 1. The van der Waals surface area contributed by atoms with Crippen LogP contribution in [0.4, 0.5) is 5.69 Å². The molecule has 0 amide bonds. The summed E-state index contributed by atoms with van der Waals surface area (Å²) in [7, 11) is 0. The summed E-state index contributed by atoms with van der Waals surface area (Å²) in [6.07, 6.45) is 1.10. The molecule has 0 atom stereocenters. The molecule has 1 aromatic carbocycles. The van der Waals surface area contributed by atoms with Gasteiger partial charge in [0.2, 0.25) is 5.88 Å². The number of hydrogen-bond acceptors (Lipinski definition) is 5. The van der Waals surface area contributed by atoms with Gasteiger partial charge in [0, 0.05) is 11.6 Å². The summed E-state index contributed by atoms with van der Waals surface area (Å²) in [5.74, 6) is -0.515. The smallest absolute Gasteiger partial charge is 0.335 e. The number of carbonyl (C=O) groups is 1. The molecule has 0 saturated heterocycles. The van der Waals surface area contributed by atoms with Crippen LogP contribution in [-0.4, -0.2) is 21.0 Å². The summed E-state index contributed by atoms with van der Waals surface area (Å²) in [5.41, 5.74) is 1.19. The van der Waals surface area contributed by atoms with Crippen molar-refractivity contribution in [3.05, 3.63) is 57.3 Å². The number of nitrogens with zero attached hydrogens (tertiary/aromatic N) is 2. The van der Waals surface area contributed by atoms with E-state index in [1.165, 1.54) is 18.2 Å². The van der Waals surface area contributed by atoms with Gasteiger partial charge in [-0.3, -0.25) is 10.1 Å². The first-order chi connectivity index (χ1) is 9.88. The van der Waals surface area contributed by atoms with Crippen LogP contribution < -0.4 is 4.74 Å². The van der Waals surface area contributed by atoms with E-state index in [9.17, 15) is 14.9 Å². The fourth-order valence-electron chi connectivity index (χ4n) is 1.70. The van der Waals surface area contributed by atoms with Crippen LogP contribution in [-0.2, 0) is 0 Å². The number of rotatable bonds is 4. The van der Waals surface area contributed by atoms with Crippen LogP contribution >= 0.6 is 0 Å². The van der Waals surface area contributed by atoms with Gasteiger partial charge in [-0.1, -0.05) is 6.07 Å². The molecule has 1 aromatic heterocycles. The van der Waals surface area contributed by atoms with Gasteiger partial charge in [-0.25, -0.2) is 9.78 Å². The van der Waals surface area contributed by atoms with Crippen molar-refractivity contribution in [3.8, 4) is 11.6 Å². The zero-order valence-corrected chi connectivity index (χ0v) is 11.4. The third kappa shape index (κ3) is 3.14. The van der Waals surface area contributed by atoms with E-state index in [2.05, 4.69) is 4.98 Å². The lowest BCUT2D eigenvalue weighted by atomic mass is 10.1. The Morgan fingerprint density at radius 2 is 2.00 bits per heavy atom. The Kier molecular flexibility index (Phi) is 3.84. The van der Waals surface area contributed by atoms with E-state index in [-0.39, 0.29) is 17.1 Å². The summed E-state index contributed by atoms with van der Waals surface area (Å²) in [6, 6.07) is 5.83. The molecule has 0 aliphatic heterocycles. The summed E-state index contributed by atoms with van der Waals surface area (Å²) in [4.78, 5) is 25.0. The average molecular weight is 288 g/mol. The second-order valence-electron chi connectivity index (χ2n) is 4.46. The van der Waals surface area contributed by atoms with Crippen molar-refractivity contribution in [2.24, 2.45) is 0 Å². The van der Waals surface area contributed by atoms with Crippen LogP contribution in [0.3, 0.4) is 0 Å². The second-order valence-corrected chi connectivity index (χ2v) is 4.46. The lowest BCUT2D eigenvalue weighted by molar-refractivity contribution is -0.385. The first kappa shape index (κ1) is 14.4. The average Bonchev–Trinajstić information content (AvgIpc) is 2.42. The van der Waals surface area contributed by atoms with E-state index in [4.69, 9.17) is 9.84 Å². The van der Waals surface area contributed by atoms with Crippen LogP contribution in [0.2, 0.25) is 0 Å². The molecule has 0 unspecified atom stereocenters. The number of aromatic carboxylic acids is 1. The van der Waals surface area contributed by atoms with Gasteiger partial charge < -0.3 is 9.84 Å². The summed E-state index contributed by atoms with van der Waals surface area (Å²) in [5, 5.41) is 19.6. The van der Waals surface area contributed by atoms with Crippen molar-refractivity contribution in [2.75, 3.05) is 0 Å². The third-order valence-electron chi connectivity index (χ3n) is 2.87. The Labute approximate surface area is 120 Å². The molecule has 0 spiro atoms. The van der Waals surface area contributed by atoms with Gasteiger partial charge in [0.15, 0.2) is 0 Å². The van der Waals surface area contributed by atoms with Crippen molar-refractivity contribution in [1.29, 1.82) is 0 Å². The molecule has 0 bridgehead atoms. The maximum Gasteiger partial charge on any atom is 0.335 e. The van der Waals surface area contributed by atoms with Crippen LogP contribution in [0, 0.1) is 24.0 Å². The Morgan fingerprint density at radius 3 is 2.57 bits per heavy atom. The van der Waals surface area contributed by atoms with Crippen LogP contribution in [0.15, 0.2) is 30.5 Å². The molecule has 2 rings (SSSR count). The molecule has 108 valence electrons. The van der Waals surface area contributed by atoms with Crippen molar-refractivity contribution in [3.63, 3.8) is 0 Å². The minimum absolute atomic E-state index is 0.0927. The van der Waals surface area contributed by atoms with E-state index < -0.39 is 10.9 Å². The van der Waals surface area contributed by atoms with Crippen LogP contribution in [0.1, 0.15) is 21.5 Å². The van der Waals surface area contributed by atoms with Gasteiger partial charge in [0.1, 0.15) is 11.9 Å². The number of hydrogen-bond donors (Lipinski definition) is 1. The number of pyridine rings is 1. The zero-order chi connectivity index (χ0) is 15.6. The second kappa shape index (κ2) is 5.58. The fraction of sp³-hybridized carbons (Fsp3) is 0.143. The Balaban J connectivity index is 2.36. The molecule has 21 heavy (non-hydrogen) atoms. The molecule has 0 aliphatic rings. The Hall–Kier alpha value is -2.96. The Morgan fingerprint density at radius 1 is 1.29 bits per heavy atom. The zero-order valence-electron chi connectivity index (χ0n) is 11.4. The number of aryl methyl sites for hydroxylation is 2. The van der Waals surface area contributed by atoms with Crippen molar-refractivity contribution >= 4 is 11.7 Å². The van der Waals surface area contributed by atoms with E-state index in [0.717, 1.165) is 11.8 Å². The molecule has 7 heteroatoms. The highest BCUT2D eigenvalue weighted by molar-refractivity contribution is 5.88. The molecule has 0 aliphatic carbocycles. The molecule has 7 nitrogen and oxygen atoms in total.